The van der Waals surface area contributed by atoms with E-state index in [2.05, 4.69) is 98.9 Å². The van der Waals surface area contributed by atoms with Crippen LogP contribution in [0.5, 0.6) is 0 Å². The molecule has 0 aliphatic heterocycles. The number of nitrogens with zero attached hydrogens (tertiary/aromatic N) is 1. The molecule has 1 heterocycles. The van der Waals surface area contributed by atoms with Crippen LogP contribution < -0.4 is 0 Å². The summed E-state index contributed by atoms with van der Waals surface area (Å²) in [4.78, 5) is 4.98. The van der Waals surface area contributed by atoms with Gasteiger partial charge >= 0.3 is 0 Å². The summed E-state index contributed by atoms with van der Waals surface area (Å²) in [5.74, 6) is 0. The lowest BCUT2D eigenvalue weighted by Gasteiger charge is -2.37. The highest BCUT2D eigenvalue weighted by atomic mass is 28.4. The van der Waals surface area contributed by atoms with Crippen LogP contribution in [-0.2, 0) is 22.1 Å². The molecule has 0 saturated heterocycles. The molecule has 0 N–H and O–H groups in total. The van der Waals surface area contributed by atoms with E-state index in [-0.39, 0.29) is 10.1 Å². The summed E-state index contributed by atoms with van der Waals surface area (Å²) in [7, 11) is -3.72. The molecule has 162 valence electrons. The third kappa shape index (κ3) is 5.37. The van der Waals surface area contributed by atoms with E-state index in [9.17, 15) is 0 Å². The molecular weight excluding hydrogens is 390 g/mol. The van der Waals surface area contributed by atoms with Gasteiger partial charge in [0.2, 0.25) is 0 Å². The van der Waals surface area contributed by atoms with E-state index in [0.29, 0.717) is 13.2 Å². The van der Waals surface area contributed by atoms with E-state index in [0.717, 1.165) is 11.4 Å². The minimum atomic E-state index is -1.86. The van der Waals surface area contributed by atoms with Crippen molar-refractivity contribution in [3.63, 3.8) is 0 Å². The molecule has 0 radical (unpaired) electrons. The Bertz CT molecular complexity index is 862. The third-order valence-electron chi connectivity index (χ3n) is 7.05. The first kappa shape index (κ1) is 24.3. The molecule has 0 amide bonds. The first-order chi connectivity index (χ1) is 13.1. The maximum Gasteiger partial charge on any atom is 0.192 e. The van der Waals surface area contributed by atoms with E-state index >= 15 is 0 Å². The van der Waals surface area contributed by atoms with Crippen LogP contribution >= 0.6 is 0 Å². The second-order valence-electron chi connectivity index (χ2n) is 11.3. The van der Waals surface area contributed by atoms with Crippen LogP contribution in [0.2, 0.25) is 36.3 Å². The molecular formula is C24H41NO2Si2. The van der Waals surface area contributed by atoms with Crippen LogP contribution in [0.3, 0.4) is 0 Å². The largest absolute Gasteiger partial charge is 0.412 e. The molecule has 0 aliphatic rings. The normalized spacial score (nSPS) is 13.9. The second-order valence-corrected chi connectivity index (χ2v) is 20.9. The van der Waals surface area contributed by atoms with Crippen LogP contribution in [0.1, 0.15) is 58.5 Å². The fourth-order valence-electron chi connectivity index (χ4n) is 2.76. The number of fused-ring (bicyclic) bond motifs is 1. The van der Waals surface area contributed by atoms with Crippen molar-refractivity contribution >= 4 is 27.4 Å². The van der Waals surface area contributed by atoms with E-state index in [1.54, 1.807) is 0 Å². The van der Waals surface area contributed by atoms with Crippen molar-refractivity contribution in [1.82, 2.24) is 4.98 Å². The van der Waals surface area contributed by atoms with Crippen LogP contribution in [0.4, 0.5) is 0 Å². The van der Waals surface area contributed by atoms with Gasteiger partial charge in [-0.05, 0) is 48.6 Å². The zero-order chi connectivity index (χ0) is 22.3. The Morgan fingerprint density at radius 2 is 1.21 bits per heavy atom. The molecule has 5 heteroatoms. The maximum atomic E-state index is 6.62. The SMILES string of the molecule is Cc1nc(CO[Si](C)(C)C(C)(C)C)c(CO[Si](C)(C)C(C)(C)C)c2ccccc12. The lowest BCUT2D eigenvalue weighted by atomic mass is 10.0. The Morgan fingerprint density at radius 1 is 0.759 bits per heavy atom. The predicted molar refractivity (Wildman–Crippen MR) is 130 cm³/mol. The maximum absolute atomic E-state index is 6.62. The van der Waals surface area contributed by atoms with Crippen molar-refractivity contribution in [2.24, 2.45) is 0 Å². The van der Waals surface area contributed by atoms with Gasteiger partial charge < -0.3 is 8.85 Å². The average Bonchev–Trinajstić information content (AvgIpc) is 2.57. The Hall–Kier alpha value is -1.02. The summed E-state index contributed by atoms with van der Waals surface area (Å²) >= 11 is 0. The van der Waals surface area contributed by atoms with Gasteiger partial charge in [-0.1, -0.05) is 65.8 Å². The lowest BCUT2D eigenvalue weighted by molar-refractivity contribution is 0.255. The highest BCUT2D eigenvalue weighted by Gasteiger charge is 2.38. The summed E-state index contributed by atoms with van der Waals surface area (Å²) < 4.78 is 13.2. The molecule has 0 aliphatic carbocycles. The van der Waals surface area contributed by atoms with E-state index < -0.39 is 16.6 Å². The van der Waals surface area contributed by atoms with Gasteiger partial charge in [-0.15, -0.1) is 0 Å². The van der Waals surface area contributed by atoms with Crippen molar-refractivity contribution in [1.29, 1.82) is 0 Å². The first-order valence-electron chi connectivity index (χ1n) is 10.7. The fourth-order valence-corrected chi connectivity index (χ4v) is 4.63. The number of aromatic nitrogens is 1. The summed E-state index contributed by atoms with van der Waals surface area (Å²) in [6.45, 7) is 26.1. The molecule has 0 unspecified atom stereocenters. The zero-order valence-electron chi connectivity index (χ0n) is 20.5. The summed E-state index contributed by atoms with van der Waals surface area (Å²) in [5, 5.41) is 2.81. The van der Waals surface area contributed by atoms with E-state index in [1.165, 1.54) is 16.3 Å². The van der Waals surface area contributed by atoms with Gasteiger partial charge in [0.25, 0.3) is 0 Å². The summed E-state index contributed by atoms with van der Waals surface area (Å²) in [5.41, 5.74) is 3.28. The topological polar surface area (TPSA) is 31.4 Å². The second kappa shape index (κ2) is 8.25. The van der Waals surface area contributed by atoms with Gasteiger partial charge in [-0.25, -0.2) is 0 Å². The first-order valence-corrected chi connectivity index (χ1v) is 16.5. The molecule has 1 aromatic carbocycles. The minimum absolute atomic E-state index is 0.177. The smallest absolute Gasteiger partial charge is 0.192 e. The Kier molecular flexibility index (Phi) is 6.90. The lowest BCUT2D eigenvalue weighted by Crippen LogP contribution is -2.41. The molecule has 0 fully saturated rings. The van der Waals surface area contributed by atoms with Crippen LogP contribution in [-0.4, -0.2) is 21.6 Å². The molecule has 29 heavy (non-hydrogen) atoms. The number of pyridine rings is 1. The van der Waals surface area contributed by atoms with Gasteiger partial charge in [0.15, 0.2) is 16.6 Å². The monoisotopic (exact) mass is 431 g/mol. The van der Waals surface area contributed by atoms with Crippen molar-refractivity contribution < 1.29 is 8.85 Å². The Balaban J connectivity index is 2.45. The molecule has 0 spiro atoms. The van der Waals surface area contributed by atoms with E-state index in [1.807, 2.05) is 0 Å². The van der Waals surface area contributed by atoms with Gasteiger partial charge in [0.05, 0.1) is 18.9 Å². The Morgan fingerprint density at radius 3 is 1.69 bits per heavy atom. The third-order valence-corrected chi connectivity index (χ3v) is 16.0. The summed E-state index contributed by atoms with van der Waals surface area (Å²) in [6, 6.07) is 8.55. The number of rotatable bonds is 6. The molecule has 2 rings (SSSR count). The van der Waals surface area contributed by atoms with Gasteiger partial charge in [0.1, 0.15) is 0 Å². The van der Waals surface area contributed by atoms with Crippen molar-refractivity contribution in [3.8, 4) is 0 Å². The van der Waals surface area contributed by atoms with Crippen molar-refractivity contribution in [3.05, 3.63) is 41.2 Å². The zero-order valence-corrected chi connectivity index (χ0v) is 22.5. The molecule has 2 aromatic rings. The van der Waals surface area contributed by atoms with Crippen LogP contribution in [0.15, 0.2) is 24.3 Å². The van der Waals surface area contributed by atoms with Crippen LogP contribution in [0, 0.1) is 6.92 Å². The highest BCUT2D eigenvalue weighted by molar-refractivity contribution is 6.74. The molecule has 0 saturated carbocycles. The van der Waals surface area contributed by atoms with Gasteiger partial charge in [0, 0.05) is 16.6 Å². The number of benzene rings is 1. The van der Waals surface area contributed by atoms with Gasteiger partial charge in [-0.2, -0.15) is 0 Å². The molecule has 3 nitrogen and oxygen atoms in total. The molecule has 0 atom stereocenters. The van der Waals surface area contributed by atoms with Crippen LogP contribution in [0.25, 0.3) is 10.8 Å². The van der Waals surface area contributed by atoms with Gasteiger partial charge in [-0.3, -0.25) is 4.98 Å². The standard InChI is InChI=1S/C24H41NO2Si2/c1-18-19-14-12-13-15-20(19)21(16-26-28(8,9)23(2,3)4)22(25-18)17-27-29(10,11)24(5,6)7/h12-15H,16-17H2,1-11H3. The minimum Gasteiger partial charge on any atom is -0.412 e. The average molecular weight is 432 g/mol. The van der Waals surface area contributed by atoms with Crippen molar-refractivity contribution in [2.45, 2.75) is 97.9 Å². The number of hydrogen-bond acceptors (Lipinski definition) is 3. The predicted octanol–water partition coefficient (Wildman–Crippen LogP) is 7.59. The summed E-state index contributed by atoms with van der Waals surface area (Å²) in [6.07, 6.45) is 0. The molecule has 1 aromatic heterocycles. The van der Waals surface area contributed by atoms with Crippen molar-refractivity contribution in [2.75, 3.05) is 0 Å². The van der Waals surface area contributed by atoms with E-state index in [4.69, 9.17) is 13.8 Å². The quantitative estimate of drug-likeness (QED) is 0.441. The molecule has 0 bridgehead atoms. The fraction of sp³-hybridized carbons (Fsp3) is 0.625. The Labute approximate surface area is 180 Å². The highest BCUT2D eigenvalue weighted by Crippen LogP contribution is 2.39. The number of hydrogen-bond donors (Lipinski definition) is 0. The number of aryl methyl sites for hydroxylation is 1.